The smallest absolute Gasteiger partial charge is 0.312 e. The first kappa shape index (κ1) is 45.9. The second-order valence-corrected chi connectivity index (χ2v) is 20.0. The van der Waals surface area contributed by atoms with Crippen molar-refractivity contribution in [3.8, 4) is 5.75 Å². The van der Waals surface area contributed by atoms with Crippen molar-refractivity contribution < 1.29 is 24.2 Å². The molecule has 0 aromatic heterocycles. The zero-order chi connectivity index (χ0) is 39.6. The molecule has 2 aliphatic heterocycles. The monoisotopic (exact) mass is 703 g/mol. The van der Waals surface area contributed by atoms with Crippen molar-refractivity contribution in [1.82, 2.24) is 9.80 Å². The third-order valence-corrected chi connectivity index (χ3v) is 11.1. The van der Waals surface area contributed by atoms with Gasteiger partial charge in [0.05, 0.1) is 5.41 Å². The van der Waals surface area contributed by atoms with Crippen molar-refractivity contribution in [2.75, 3.05) is 14.1 Å². The van der Waals surface area contributed by atoms with Crippen LogP contribution in [0.3, 0.4) is 0 Å². The lowest BCUT2D eigenvalue weighted by molar-refractivity contribution is -0.169. The topological polar surface area (TPSA) is 79.3 Å². The van der Waals surface area contributed by atoms with Gasteiger partial charge in [-0.05, 0) is 117 Å². The fraction of sp³-hybridized carbons (Fsp3) is 0.814. The Balaban J connectivity index is 0.000000612. The molecule has 0 bridgehead atoms. The van der Waals surface area contributed by atoms with Crippen LogP contribution >= 0.6 is 0 Å². The van der Waals surface area contributed by atoms with Gasteiger partial charge >= 0.3 is 11.9 Å². The molecule has 1 N–H and O–H groups in total. The van der Waals surface area contributed by atoms with E-state index in [9.17, 15) is 14.7 Å². The van der Waals surface area contributed by atoms with E-state index < -0.39 is 5.41 Å². The number of phenols is 1. The van der Waals surface area contributed by atoms with Gasteiger partial charge in [-0.15, -0.1) is 0 Å². The van der Waals surface area contributed by atoms with Crippen LogP contribution in [0, 0.1) is 5.41 Å². The zero-order valence-electron chi connectivity index (χ0n) is 36.3. The fourth-order valence-electron chi connectivity index (χ4n) is 7.79. The molecular formula is C43H78N2O5. The molecule has 2 saturated heterocycles. The average Bonchev–Trinajstić information content (AvgIpc) is 2.90. The number of rotatable bonds is 5. The van der Waals surface area contributed by atoms with Gasteiger partial charge in [-0.3, -0.25) is 19.4 Å². The van der Waals surface area contributed by atoms with Crippen LogP contribution in [0.25, 0.3) is 0 Å². The molecule has 0 atom stereocenters. The molecule has 7 heteroatoms. The van der Waals surface area contributed by atoms with Gasteiger partial charge in [0.25, 0.3) is 0 Å². The van der Waals surface area contributed by atoms with E-state index in [1.54, 1.807) is 0 Å². The summed E-state index contributed by atoms with van der Waals surface area (Å²) >= 11 is 0. The number of hydrogen-bond donors (Lipinski definition) is 1. The summed E-state index contributed by atoms with van der Waals surface area (Å²) in [7, 11) is 4.30. The van der Waals surface area contributed by atoms with Crippen molar-refractivity contribution in [1.29, 1.82) is 0 Å². The SMILES string of the molecule is CC.CC(=O)OC1CC(C)(C)N(C)C(C)(C)C1.CN1C(C)(C)CC(OC(=O)C(C)(C)Cc2cc(C(C)(C)C)c(O)c(C(C)(C)C)c2)CC1(C)C. The van der Waals surface area contributed by atoms with Gasteiger partial charge in [0.2, 0.25) is 0 Å². The number of likely N-dealkylation sites (tertiary alicyclic amines) is 2. The summed E-state index contributed by atoms with van der Waals surface area (Å²) in [6.07, 6.45) is 4.01. The van der Waals surface area contributed by atoms with E-state index in [4.69, 9.17) is 9.47 Å². The maximum Gasteiger partial charge on any atom is 0.312 e. The van der Waals surface area contributed by atoms with Crippen LogP contribution in [0.5, 0.6) is 5.75 Å². The second kappa shape index (κ2) is 15.9. The fourth-order valence-corrected chi connectivity index (χ4v) is 7.79. The molecular weight excluding hydrogens is 624 g/mol. The number of aromatic hydroxyl groups is 1. The zero-order valence-corrected chi connectivity index (χ0v) is 36.3. The van der Waals surface area contributed by atoms with Crippen molar-refractivity contribution in [2.24, 2.45) is 5.41 Å². The van der Waals surface area contributed by atoms with Gasteiger partial charge in [-0.2, -0.15) is 0 Å². The Morgan fingerprint density at radius 1 is 0.680 bits per heavy atom. The average molecular weight is 703 g/mol. The number of piperidine rings is 2. The van der Waals surface area contributed by atoms with Gasteiger partial charge in [0.1, 0.15) is 18.0 Å². The summed E-state index contributed by atoms with van der Waals surface area (Å²) < 4.78 is 11.5. The highest BCUT2D eigenvalue weighted by atomic mass is 16.5. The Hall–Kier alpha value is -2.12. The molecule has 7 nitrogen and oxygen atoms in total. The Bertz CT molecular complexity index is 1240. The van der Waals surface area contributed by atoms with Crippen molar-refractivity contribution in [3.63, 3.8) is 0 Å². The maximum absolute atomic E-state index is 13.4. The summed E-state index contributed by atoms with van der Waals surface area (Å²) in [5.74, 6) is 0.0532. The van der Waals surface area contributed by atoms with E-state index >= 15 is 0 Å². The summed E-state index contributed by atoms with van der Waals surface area (Å²) in [6, 6.07) is 4.14. The van der Waals surface area contributed by atoms with E-state index in [-0.39, 0.29) is 57.1 Å². The van der Waals surface area contributed by atoms with E-state index in [1.165, 1.54) is 6.92 Å². The van der Waals surface area contributed by atoms with Crippen LogP contribution in [0.2, 0.25) is 0 Å². The lowest BCUT2D eigenvalue weighted by Gasteiger charge is -2.53. The quantitative estimate of drug-likeness (QED) is 0.306. The minimum absolute atomic E-state index is 0.0307. The molecule has 290 valence electrons. The molecule has 1 aromatic rings. The number of benzene rings is 1. The first-order valence-corrected chi connectivity index (χ1v) is 19.0. The molecule has 0 amide bonds. The number of phenolic OH excluding ortho intramolecular Hbond substituents is 1. The minimum atomic E-state index is -0.668. The first-order valence-electron chi connectivity index (χ1n) is 19.0. The normalized spacial score (nSPS) is 21.2. The van der Waals surface area contributed by atoms with E-state index in [0.717, 1.165) is 42.4 Å². The molecule has 2 fully saturated rings. The van der Waals surface area contributed by atoms with Crippen LogP contribution < -0.4 is 0 Å². The van der Waals surface area contributed by atoms with Crippen LogP contribution in [-0.4, -0.2) is 75.3 Å². The van der Waals surface area contributed by atoms with Gasteiger partial charge in [0, 0.05) is 54.8 Å². The van der Waals surface area contributed by atoms with Gasteiger partial charge in [-0.1, -0.05) is 67.5 Å². The summed E-state index contributed by atoms with van der Waals surface area (Å²) in [5.41, 5.74) is 1.96. The van der Waals surface area contributed by atoms with E-state index in [0.29, 0.717) is 12.2 Å². The van der Waals surface area contributed by atoms with Gasteiger partial charge < -0.3 is 14.6 Å². The summed E-state index contributed by atoms with van der Waals surface area (Å²) in [5, 5.41) is 11.0. The third-order valence-electron chi connectivity index (χ3n) is 11.1. The van der Waals surface area contributed by atoms with Gasteiger partial charge in [-0.25, -0.2) is 0 Å². The highest BCUT2D eigenvalue weighted by molar-refractivity contribution is 5.76. The lowest BCUT2D eigenvalue weighted by atomic mass is 9.76. The first-order chi connectivity index (χ1) is 22.2. The summed E-state index contributed by atoms with van der Waals surface area (Å²) in [4.78, 5) is 29.1. The lowest BCUT2D eigenvalue weighted by Crippen LogP contribution is -2.60. The Morgan fingerprint density at radius 2 is 0.980 bits per heavy atom. The van der Waals surface area contributed by atoms with E-state index in [2.05, 4.69) is 133 Å². The Morgan fingerprint density at radius 3 is 1.26 bits per heavy atom. The number of nitrogens with zero attached hydrogens (tertiary/aromatic N) is 2. The molecule has 3 rings (SSSR count). The van der Waals surface area contributed by atoms with Crippen LogP contribution in [0.15, 0.2) is 12.1 Å². The number of ether oxygens (including phenoxy) is 2. The molecule has 2 aliphatic rings. The number of esters is 2. The minimum Gasteiger partial charge on any atom is -0.507 e. The number of carbonyl (C=O) groups is 2. The van der Waals surface area contributed by atoms with E-state index in [1.807, 2.05) is 27.7 Å². The Labute approximate surface area is 308 Å². The number of hydrogen-bond acceptors (Lipinski definition) is 7. The predicted octanol–water partition coefficient (Wildman–Crippen LogP) is 9.98. The molecule has 50 heavy (non-hydrogen) atoms. The highest BCUT2D eigenvalue weighted by Crippen LogP contribution is 2.43. The second-order valence-electron chi connectivity index (χ2n) is 20.0. The van der Waals surface area contributed by atoms with Crippen LogP contribution in [0.1, 0.15) is 174 Å². The molecule has 2 heterocycles. The van der Waals surface area contributed by atoms with Crippen molar-refractivity contribution in [2.45, 2.75) is 209 Å². The molecule has 0 radical (unpaired) electrons. The maximum atomic E-state index is 13.4. The molecule has 1 aromatic carbocycles. The molecule has 0 saturated carbocycles. The highest BCUT2D eigenvalue weighted by Gasteiger charge is 2.46. The predicted molar refractivity (Wildman–Crippen MR) is 210 cm³/mol. The van der Waals surface area contributed by atoms with Crippen LogP contribution in [0.4, 0.5) is 0 Å². The molecule has 0 unspecified atom stereocenters. The molecule has 0 spiro atoms. The molecule has 0 aliphatic carbocycles. The number of carbonyl (C=O) groups excluding carboxylic acids is 2. The van der Waals surface area contributed by atoms with Crippen molar-refractivity contribution >= 4 is 11.9 Å². The summed E-state index contributed by atoms with van der Waals surface area (Å²) in [6.45, 7) is 39.8. The van der Waals surface area contributed by atoms with Gasteiger partial charge in [0.15, 0.2) is 0 Å². The largest absolute Gasteiger partial charge is 0.507 e. The van der Waals surface area contributed by atoms with Crippen LogP contribution in [-0.2, 0) is 36.3 Å². The Kier molecular flexibility index (Phi) is 14.6. The standard InChI is InChI=1S/C29H49NO3.C12H23NO2.C2H6/c1-25(2,3)21-14-19(15-22(23(21)31)26(4,5)6)16-27(7,8)24(32)33-20-17-28(9,10)30(13)29(11,12)18-20;1-9(14)15-10-7-11(2,3)13(6)12(4,5)8-10;1-2/h14-15,20,31H,16-18H2,1-13H3;10H,7-8H2,1-6H3;1-2H3. The third kappa shape index (κ3) is 11.7. The van der Waals surface area contributed by atoms with Crippen molar-refractivity contribution in [3.05, 3.63) is 28.8 Å².